The van der Waals surface area contributed by atoms with Crippen LogP contribution in [0.5, 0.6) is 0 Å². The zero-order valence-electron chi connectivity index (χ0n) is 7.39. The van der Waals surface area contributed by atoms with Crippen LogP contribution in [0.15, 0.2) is 5.10 Å². The lowest BCUT2D eigenvalue weighted by molar-refractivity contribution is 0.569. The van der Waals surface area contributed by atoms with Gasteiger partial charge in [-0.2, -0.15) is 5.10 Å². The fourth-order valence-electron chi connectivity index (χ4n) is 0.437. The van der Waals surface area contributed by atoms with E-state index in [0.29, 0.717) is 11.8 Å². The molecule has 0 aliphatic heterocycles. The molecular weight excluding hydrogens is 124 g/mol. The predicted molar refractivity (Wildman–Crippen MR) is 46.2 cm³/mol. The molecule has 2 heteroatoms. The molecule has 0 radical (unpaired) electrons. The third-order valence-corrected chi connectivity index (χ3v) is 0.964. The zero-order chi connectivity index (χ0) is 7.98. The molecule has 0 saturated heterocycles. The van der Waals surface area contributed by atoms with E-state index in [9.17, 15) is 0 Å². The Hall–Kier alpha value is -0.530. The minimum Gasteiger partial charge on any atom is -0.310 e. The topological polar surface area (TPSA) is 24.4 Å². The third-order valence-electron chi connectivity index (χ3n) is 0.964. The van der Waals surface area contributed by atoms with E-state index in [1.54, 1.807) is 0 Å². The van der Waals surface area contributed by atoms with Crippen molar-refractivity contribution in [2.45, 2.75) is 27.7 Å². The van der Waals surface area contributed by atoms with Gasteiger partial charge in [-0.15, -0.1) is 0 Å². The van der Waals surface area contributed by atoms with Gasteiger partial charge in [0.15, 0.2) is 0 Å². The molecule has 0 aliphatic rings. The smallest absolute Gasteiger partial charge is 0.0352 e. The highest BCUT2D eigenvalue weighted by molar-refractivity contribution is 5.58. The van der Waals surface area contributed by atoms with Gasteiger partial charge in [-0.05, 0) is 11.8 Å². The van der Waals surface area contributed by atoms with Gasteiger partial charge < -0.3 is 5.43 Å². The second kappa shape index (κ2) is 5.27. The molecule has 10 heavy (non-hydrogen) atoms. The zero-order valence-corrected chi connectivity index (χ0v) is 7.39. The van der Waals surface area contributed by atoms with Crippen LogP contribution in [0.2, 0.25) is 0 Å². The normalized spacial score (nSPS) is 11.8. The number of hydrogen-bond acceptors (Lipinski definition) is 2. The summed E-state index contributed by atoms with van der Waals surface area (Å²) in [5.74, 6) is 1.21. The Morgan fingerprint density at radius 1 is 1.30 bits per heavy atom. The number of hydrazone groups is 1. The Bertz CT molecular complexity index is 95.4. The molecule has 0 aromatic heterocycles. The van der Waals surface area contributed by atoms with Crippen LogP contribution in [-0.2, 0) is 0 Å². The van der Waals surface area contributed by atoms with Crippen LogP contribution in [-0.4, -0.2) is 12.8 Å². The lowest BCUT2D eigenvalue weighted by Crippen LogP contribution is -2.13. The van der Waals surface area contributed by atoms with Crippen molar-refractivity contribution in [3.8, 4) is 0 Å². The van der Waals surface area contributed by atoms with Crippen molar-refractivity contribution in [3.63, 3.8) is 0 Å². The molecule has 0 saturated carbocycles. The first kappa shape index (κ1) is 9.47. The summed E-state index contributed by atoms with van der Waals surface area (Å²) in [7, 11) is 0. The van der Waals surface area contributed by atoms with Crippen molar-refractivity contribution in [3.05, 3.63) is 0 Å². The van der Waals surface area contributed by atoms with Gasteiger partial charge in [0.05, 0.1) is 0 Å². The van der Waals surface area contributed by atoms with E-state index >= 15 is 0 Å². The minimum absolute atomic E-state index is 0.541. The molecule has 60 valence electrons. The van der Waals surface area contributed by atoms with Crippen molar-refractivity contribution in [2.24, 2.45) is 16.9 Å². The van der Waals surface area contributed by atoms with Crippen molar-refractivity contribution in [1.29, 1.82) is 0 Å². The highest BCUT2D eigenvalue weighted by atomic mass is 15.3. The number of nitrogens with one attached hydrogen (secondary N) is 1. The Labute approximate surface area is 63.7 Å². The van der Waals surface area contributed by atoms with Gasteiger partial charge in [-0.25, -0.2) is 0 Å². The second-order valence-corrected chi connectivity index (χ2v) is 3.28. The van der Waals surface area contributed by atoms with Crippen molar-refractivity contribution in [1.82, 2.24) is 5.43 Å². The summed E-state index contributed by atoms with van der Waals surface area (Å²) in [5, 5.41) is 4.04. The number of hydrogen-bond donors (Lipinski definition) is 1. The van der Waals surface area contributed by atoms with E-state index < -0.39 is 0 Å². The highest BCUT2D eigenvalue weighted by Crippen LogP contribution is 1.87. The standard InChI is InChI=1S/C8H18N2/c1-7(2)5-9-10-6-8(3)4/h5,7-8,10H,6H2,1-4H3/b9-5+. The Kier molecular flexibility index (Phi) is 4.99. The van der Waals surface area contributed by atoms with E-state index in [0.717, 1.165) is 6.54 Å². The van der Waals surface area contributed by atoms with Gasteiger partial charge >= 0.3 is 0 Å². The van der Waals surface area contributed by atoms with E-state index in [-0.39, 0.29) is 0 Å². The SMILES string of the molecule is CC(C)/C=N/NCC(C)C. The summed E-state index contributed by atoms with van der Waals surface area (Å²) < 4.78 is 0. The van der Waals surface area contributed by atoms with E-state index in [1.807, 2.05) is 6.21 Å². The van der Waals surface area contributed by atoms with Crippen LogP contribution in [0.3, 0.4) is 0 Å². The third kappa shape index (κ3) is 7.47. The Morgan fingerprint density at radius 3 is 2.30 bits per heavy atom. The number of rotatable bonds is 4. The van der Waals surface area contributed by atoms with Crippen LogP contribution in [0, 0.1) is 11.8 Å². The first-order valence-electron chi connectivity index (χ1n) is 3.89. The molecular formula is C8H18N2. The first-order valence-corrected chi connectivity index (χ1v) is 3.89. The summed E-state index contributed by atoms with van der Waals surface area (Å²) in [6.07, 6.45) is 1.92. The summed E-state index contributed by atoms with van der Waals surface area (Å²) >= 11 is 0. The van der Waals surface area contributed by atoms with Crippen LogP contribution >= 0.6 is 0 Å². The lowest BCUT2D eigenvalue weighted by Gasteiger charge is -2.02. The molecule has 0 bridgehead atoms. The first-order chi connectivity index (χ1) is 4.63. The second-order valence-electron chi connectivity index (χ2n) is 3.28. The Balaban J connectivity index is 3.19. The number of nitrogens with zero attached hydrogens (tertiary/aromatic N) is 1. The quantitative estimate of drug-likeness (QED) is 0.470. The van der Waals surface area contributed by atoms with Gasteiger partial charge in [0.25, 0.3) is 0 Å². The van der Waals surface area contributed by atoms with Gasteiger partial charge in [-0.3, -0.25) is 0 Å². The highest BCUT2D eigenvalue weighted by Gasteiger charge is 1.88. The van der Waals surface area contributed by atoms with E-state index in [2.05, 4.69) is 38.2 Å². The molecule has 2 nitrogen and oxygen atoms in total. The van der Waals surface area contributed by atoms with Crippen LogP contribution in [0.4, 0.5) is 0 Å². The summed E-state index contributed by atoms with van der Waals surface area (Å²) in [6, 6.07) is 0. The predicted octanol–water partition coefficient (Wildman–Crippen LogP) is 1.87. The molecule has 0 rings (SSSR count). The largest absolute Gasteiger partial charge is 0.310 e. The lowest BCUT2D eigenvalue weighted by atomic mass is 10.2. The minimum atomic E-state index is 0.541. The molecule has 0 atom stereocenters. The van der Waals surface area contributed by atoms with Crippen LogP contribution in [0.25, 0.3) is 0 Å². The maximum atomic E-state index is 4.04. The van der Waals surface area contributed by atoms with Crippen LogP contribution < -0.4 is 5.43 Å². The molecule has 1 N–H and O–H groups in total. The van der Waals surface area contributed by atoms with Crippen molar-refractivity contribution in [2.75, 3.05) is 6.54 Å². The summed E-state index contributed by atoms with van der Waals surface area (Å²) in [5.41, 5.74) is 2.99. The van der Waals surface area contributed by atoms with Crippen LogP contribution in [0.1, 0.15) is 27.7 Å². The van der Waals surface area contributed by atoms with Gasteiger partial charge in [0.1, 0.15) is 0 Å². The molecule has 0 amide bonds. The maximum absolute atomic E-state index is 4.04. The molecule has 0 aromatic carbocycles. The average molecular weight is 142 g/mol. The van der Waals surface area contributed by atoms with E-state index in [4.69, 9.17) is 0 Å². The summed E-state index contributed by atoms with van der Waals surface area (Å²) in [6.45, 7) is 9.51. The fourth-order valence-corrected chi connectivity index (χ4v) is 0.437. The molecule has 0 unspecified atom stereocenters. The molecule has 0 fully saturated rings. The molecule has 0 aliphatic carbocycles. The fraction of sp³-hybridized carbons (Fsp3) is 0.875. The van der Waals surface area contributed by atoms with Crippen molar-refractivity contribution >= 4 is 6.21 Å². The van der Waals surface area contributed by atoms with Gasteiger partial charge in [-0.1, -0.05) is 27.7 Å². The molecule has 0 spiro atoms. The van der Waals surface area contributed by atoms with Crippen molar-refractivity contribution < 1.29 is 0 Å². The maximum Gasteiger partial charge on any atom is 0.0352 e. The summed E-state index contributed by atoms with van der Waals surface area (Å²) in [4.78, 5) is 0. The average Bonchev–Trinajstić information content (AvgIpc) is 1.79. The monoisotopic (exact) mass is 142 g/mol. The molecule has 0 heterocycles. The Morgan fingerprint density at radius 2 is 1.90 bits per heavy atom. The van der Waals surface area contributed by atoms with Gasteiger partial charge in [0, 0.05) is 12.8 Å². The van der Waals surface area contributed by atoms with Gasteiger partial charge in [0.2, 0.25) is 0 Å². The van der Waals surface area contributed by atoms with E-state index in [1.165, 1.54) is 0 Å². The molecule has 0 aromatic rings.